The third kappa shape index (κ3) is 2.24. The molecule has 3 rings (SSSR count). The van der Waals surface area contributed by atoms with Crippen molar-refractivity contribution >= 4 is 16.8 Å². The Morgan fingerprint density at radius 3 is 2.71 bits per heavy atom. The van der Waals surface area contributed by atoms with Crippen molar-refractivity contribution in [3.63, 3.8) is 0 Å². The highest BCUT2D eigenvalue weighted by molar-refractivity contribution is 8.14. The lowest BCUT2D eigenvalue weighted by molar-refractivity contribution is -0.164. The Morgan fingerprint density at radius 1 is 1.29 bits per heavy atom. The highest BCUT2D eigenvalue weighted by atomic mass is 32.2. The molecule has 0 bridgehead atoms. The van der Waals surface area contributed by atoms with Gasteiger partial charge in [-0.25, -0.2) is 0 Å². The lowest BCUT2D eigenvalue weighted by atomic mass is 9.99. The molecule has 6 heteroatoms. The van der Waals surface area contributed by atoms with Crippen LogP contribution in [-0.2, 0) is 4.74 Å². The molecule has 0 spiro atoms. The monoisotopic (exact) mass is 259 g/mol. The predicted molar refractivity (Wildman–Crippen MR) is 63.9 cm³/mol. The van der Waals surface area contributed by atoms with E-state index < -0.39 is 18.3 Å². The lowest BCUT2D eigenvalue weighted by Crippen LogP contribution is -2.55. The van der Waals surface area contributed by atoms with Gasteiger partial charge in [0.2, 0.25) is 0 Å². The van der Waals surface area contributed by atoms with Gasteiger partial charge in [-0.2, -0.15) is 0 Å². The van der Waals surface area contributed by atoms with Crippen LogP contribution < -0.4 is 0 Å². The van der Waals surface area contributed by atoms with E-state index in [4.69, 9.17) is 9.84 Å². The van der Waals surface area contributed by atoms with Gasteiger partial charge in [0.25, 0.3) is 0 Å². The van der Waals surface area contributed by atoms with Crippen molar-refractivity contribution in [1.82, 2.24) is 0 Å². The van der Waals surface area contributed by atoms with E-state index in [9.17, 15) is 10.2 Å². The normalized spacial score (nSPS) is 45.6. The van der Waals surface area contributed by atoms with Crippen molar-refractivity contribution in [2.45, 2.75) is 49.1 Å². The van der Waals surface area contributed by atoms with Crippen molar-refractivity contribution in [3.05, 3.63) is 0 Å². The topological polar surface area (TPSA) is 82.3 Å². The summed E-state index contributed by atoms with van der Waals surface area (Å²) in [6, 6.07) is -0.383. The summed E-state index contributed by atoms with van der Waals surface area (Å²) < 4.78 is 5.56. The third-order valence-electron chi connectivity index (χ3n) is 3.55. The van der Waals surface area contributed by atoms with Crippen molar-refractivity contribution in [2.24, 2.45) is 10.9 Å². The first-order valence-electron chi connectivity index (χ1n) is 6.05. The second kappa shape index (κ2) is 4.51. The van der Waals surface area contributed by atoms with Gasteiger partial charge in [-0.05, 0) is 25.2 Å². The Morgan fingerprint density at radius 2 is 2.06 bits per heavy atom. The zero-order valence-electron chi connectivity index (χ0n) is 9.40. The second-order valence-electron chi connectivity index (χ2n) is 4.99. The minimum Gasteiger partial charge on any atom is -0.394 e. The van der Waals surface area contributed by atoms with Crippen LogP contribution in [0.25, 0.3) is 0 Å². The van der Waals surface area contributed by atoms with E-state index in [-0.39, 0.29) is 18.1 Å². The molecule has 0 aromatic carbocycles. The van der Waals surface area contributed by atoms with Gasteiger partial charge >= 0.3 is 0 Å². The molecule has 1 unspecified atom stereocenters. The first kappa shape index (κ1) is 11.9. The molecule has 1 saturated heterocycles. The molecule has 1 aliphatic carbocycles. The predicted octanol–water partition coefficient (Wildman–Crippen LogP) is -0.261. The number of nitrogens with zero attached hydrogens (tertiary/aromatic N) is 1. The number of hydrogen-bond donors (Lipinski definition) is 3. The summed E-state index contributed by atoms with van der Waals surface area (Å²) in [6.07, 6.45) is 0.809. The van der Waals surface area contributed by atoms with Crippen LogP contribution in [0.15, 0.2) is 4.99 Å². The van der Waals surface area contributed by atoms with Gasteiger partial charge in [-0.15, -0.1) is 0 Å². The standard InChI is InChI=1S/C11H17NO4S/c13-4-6-9(14)10(15)8-11(16-6)17-7(12-8)3-5-1-2-5/h5-6,8-11,13-15H,1-4H2/t6-,8?,9-,10-,11+/m1/s1. The Bertz CT molecular complexity index is 333. The average molecular weight is 259 g/mol. The molecule has 2 fully saturated rings. The van der Waals surface area contributed by atoms with Gasteiger partial charge in [0.15, 0.2) is 0 Å². The van der Waals surface area contributed by atoms with Gasteiger partial charge in [-0.3, -0.25) is 4.99 Å². The fraction of sp³-hybridized carbons (Fsp3) is 0.909. The number of ether oxygens (including phenoxy) is 1. The van der Waals surface area contributed by atoms with Crippen LogP contribution in [0.1, 0.15) is 19.3 Å². The van der Waals surface area contributed by atoms with E-state index in [0.717, 1.165) is 17.4 Å². The van der Waals surface area contributed by atoms with Crippen LogP contribution in [0.2, 0.25) is 0 Å². The number of aliphatic hydroxyl groups excluding tert-OH is 3. The molecule has 17 heavy (non-hydrogen) atoms. The number of thioether (sulfide) groups is 1. The zero-order valence-corrected chi connectivity index (χ0v) is 10.2. The van der Waals surface area contributed by atoms with Crippen molar-refractivity contribution in [2.75, 3.05) is 6.61 Å². The summed E-state index contributed by atoms with van der Waals surface area (Å²) in [5.74, 6) is 0.747. The molecular weight excluding hydrogens is 242 g/mol. The minimum atomic E-state index is -1.05. The molecule has 96 valence electrons. The summed E-state index contributed by atoms with van der Waals surface area (Å²) in [4.78, 5) is 4.45. The molecule has 1 saturated carbocycles. The van der Waals surface area contributed by atoms with Crippen LogP contribution >= 0.6 is 11.8 Å². The molecule has 0 amide bonds. The van der Waals surface area contributed by atoms with Gasteiger partial charge in [-0.1, -0.05) is 11.8 Å². The van der Waals surface area contributed by atoms with Crippen LogP contribution in [0.4, 0.5) is 0 Å². The van der Waals surface area contributed by atoms with Crippen molar-refractivity contribution < 1.29 is 20.1 Å². The highest BCUT2D eigenvalue weighted by Gasteiger charge is 2.48. The Balaban J connectivity index is 1.69. The summed E-state index contributed by atoms with van der Waals surface area (Å²) in [6.45, 7) is -0.278. The number of aliphatic imine (C=N–C) groups is 1. The first-order valence-corrected chi connectivity index (χ1v) is 6.93. The Labute approximate surface area is 104 Å². The quantitative estimate of drug-likeness (QED) is 0.650. The number of fused-ring (bicyclic) bond motifs is 1. The van der Waals surface area contributed by atoms with Gasteiger partial charge < -0.3 is 20.1 Å². The van der Waals surface area contributed by atoms with Gasteiger partial charge in [0, 0.05) is 0 Å². The molecule has 0 aromatic rings. The van der Waals surface area contributed by atoms with Crippen LogP contribution in [0.3, 0.4) is 0 Å². The van der Waals surface area contributed by atoms with Gasteiger partial charge in [0.05, 0.1) is 11.7 Å². The van der Waals surface area contributed by atoms with Crippen LogP contribution in [0, 0.1) is 5.92 Å². The fourth-order valence-corrected chi connectivity index (χ4v) is 3.64. The largest absolute Gasteiger partial charge is 0.394 e. The van der Waals surface area contributed by atoms with Crippen LogP contribution in [0.5, 0.6) is 0 Å². The van der Waals surface area contributed by atoms with Crippen molar-refractivity contribution in [3.8, 4) is 0 Å². The molecule has 0 radical (unpaired) electrons. The molecule has 2 aliphatic heterocycles. The molecule has 2 heterocycles. The van der Waals surface area contributed by atoms with E-state index in [1.54, 1.807) is 0 Å². The molecule has 3 N–H and O–H groups in total. The Hall–Kier alpha value is -0.140. The molecule has 0 aromatic heterocycles. The van der Waals surface area contributed by atoms with Gasteiger partial charge in [0.1, 0.15) is 29.8 Å². The summed E-state index contributed by atoms with van der Waals surface area (Å²) in [5, 5.41) is 29.8. The summed E-state index contributed by atoms with van der Waals surface area (Å²) in [5.41, 5.74) is -0.251. The SMILES string of the molecule is OC[C@H]1O[C@H]2SC(CC3CC3)=NC2[C@@H](O)[C@@H]1O. The summed E-state index contributed by atoms with van der Waals surface area (Å²) >= 11 is 1.53. The third-order valence-corrected chi connectivity index (χ3v) is 4.72. The first-order chi connectivity index (χ1) is 8.19. The van der Waals surface area contributed by atoms with E-state index >= 15 is 0 Å². The number of rotatable bonds is 3. The maximum absolute atomic E-state index is 9.96. The highest BCUT2D eigenvalue weighted by Crippen LogP contribution is 2.41. The van der Waals surface area contributed by atoms with Crippen molar-refractivity contribution in [1.29, 1.82) is 0 Å². The minimum absolute atomic E-state index is 0.251. The lowest BCUT2D eigenvalue weighted by Gasteiger charge is -2.37. The molecule has 3 aliphatic rings. The van der Waals surface area contributed by atoms with E-state index in [2.05, 4.69) is 4.99 Å². The average Bonchev–Trinajstić information content (AvgIpc) is 3.02. The Kier molecular flexibility index (Phi) is 3.16. The number of hydrogen-bond acceptors (Lipinski definition) is 6. The van der Waals surface area contributed by atoms with E-state index in [1.165, 1.54) is 24.6 Å². The maximum atomic E-state index is 9.96. The molecular formula is C11H17NO4S. The number of aliphatic hydroxyl groups is 3. The van der Waals surface area contributed by atoms with Crippen LogP contribution in [-0.4, -0.2) is 56.8 Å². The zero-order chi connectivity index (χ0) is 12.0. The molecule has 5 atom stereocenters. The van der Waals surface area contributed by atoms with E-state index in [1.807, 2.05) is 0 Å². The maximum Gasteiger partial charge on any atom is 0.134 e. The van der Waals surface area contributed by atoms with E-state index in [0.29, 0.717) is 0 Å². The molecule has 5 nitrogen and oxygen atoms in total. The smallest absolute Gasteiger partial charge is 0.134 e. The summed E-state index contributed by atoms with van der Waals surface area (Å²) in [7, 11) is 0. The fourth-order valence-electron chi connectivity index (χ4n) is 2.30. The second-order valence-corrected chi connectivity index (χ2v) is 6.16.